The predicted molar refractivity (Wildman–Crippen MR) is 104 cm³/mol. The zero-order valence-electron chi connectivity index (χ0n) is 16.3. The Bertz CT molecular complexity index is 948. The molecule has 0 unspecified atom stereocenters. The molecular weight excluding hydrogens is 403 g/mol. The van der Waals surface area contributed by atoms with E-state index in [9.17, 15) is 17.6 Å². The third kappa shape index (κ3) is 6.06. The van der Waals surface area contributed by atoms with Crippen molar-refractivity contribution in [3.8, 4) is 17.2 Å². The normalized spacial score (nSPS) is 11.0. The number of amides is 1. The van der Waals surface area contributed by atoms with Crippen molar-refractivity contribution >= 4 is 15.9 Å². The summed E-state index contributed by atoms with van der Waals surface area (Å²) in [5, 5.41) is 2.70. The van der Waals surface area contributed by atoms with Gasteiger partial charge in [-0.15, -0.1) is 0 Å². The third-order valence-corrected chi connectivity index (χ3v) is 5.51. The number of ether oxygens (including phenoxy) is 3. The summed E-state index contributed by atoms with van der Waals surface area (Å²) < 4.78 is 55.2. The van der Waals surface area contributed by atoms with Crippen LogP contribution in [-0.4, -0.2) is 42.2 Å². The van der Waals surface area contributed by atoms with Crippen molar-refractivity contribution in [3.63, 3.8) is 0 Å². The van der Waals surface area contributed by atoms with Crippen molar-refractivity contribution < 1.29 is 31.8 Å². The summed E-state index contributed by atoms with van der Waals surface area (Å²) in [6, 6.07) is 7.75. The first-order valence-electron chi connectivity index (χ1n) is 8.61. The largest absolute Gasteiger partial charge is 0.496 e. The van der Waals surface area contributed by atoms with Crippen molar-refractivity contribution in [3.05, 3.63) is 47.8 Å². The summed E-state index contributed by atoms with van der Waals surface area (Å²) in [5.74, 6) is 0.608. The van der Waals surface area contributed by atoms with Crippen LogP contribution in [0.4, 0.5) is 4.39 Å². The van der Waals surface area contributed by atoms with Gasteiger partial charge < -0.3 is 19.5 Å². The maximum atomic E-state index is 12.9. The number of sulfonamides is 1. The molecule has 0 saturated carbocycles. The second-order valence-corrected chi connectivity index (χ2v) is 7.66. The Morgan fingerprint density at radius 1 is 0.966 bits per heavy atom. The van der Waals surface area contributed by atoms with E-state index in [1.54, 1.807) is 12.1 Å². The summed E-state index contributed by atoms with van der Waals surface area (Å²) in [7, 11) is 0.688. The van der Waals surface area contributed by atoms with E-state index in [1.807, 2.05) is 0 Å². The Balaban J connectivity index is 1.91. The van der Waals surface area contributed by atoms with E-state index < -0.39 is 15.8 Å². The molecule has 0 aliphatic rings. The molecule has 2 rings (SSSR count). The van der Waals surface area contributed by atoms with Gasteiger partial charge in [0.15, 0.2) is 11.5 Å². The van der Waals surface area contributed by atoms with Crippen molar-refractivity contribution in [2.75, 3.05) is 27.9 Å². The van der Waals surface area contributed by atoms with Crippen LogP contribution in [0, 0.1) is 5.82 Å². The highest BCUT2D eigenvalue weighted by Crippen LogP contribution is 2.34. The van der Waals surface area contributed by atoms with Crippen LogP contribution in [0.25, 0.3) is 0 Å². The van der Waals surface area contributed by atoms with Crippen LogP contribution < -0.4 is 24.2 Å². The molecule has 1 amide bonds. The predicted octanol–water partition coefficient (Wildman–Crippen LogP) is 1.84. The van der Waals surface area contributed by atoms with E-state index in [0.29, 0.717) is 22.8 Å². The highest BCUT2D eigenvalue weighted by atomic mass is 32.2. The Labute approximate surface area is 169 Å². The lowest BCUT2D eigenvalue weighted by molar-refractivity contribution is -0.121. The zero-order valence-corrected chi connectivity index (χ0v) is 17.1. The Morgan fingerprint density at radius 3 is 2.14 bits per heavy atom. The van der Waals surface area contributed by atoms with Crippen LogP contribution in [0.2, 0.25) is 0 Å². The molecule has 0 saturated heterocycles. The van der Waals surface area contributed by atoms with Crippen LogP contribution >= 0.6 is 0 Å². The van der Waals surface area contributed by atoms with Gasteiger partial charge in [0.2, 0.25) is 15.9 Å². The standard InChI is InChI=1S/C19H23FN2O6S/c1-26-16-11-18(28-3)17(27-2)10-13(16)12-21-19(23)8-9-22-29(24,25)15-6-4-14(20)5-7-15/h4-7,10-11,22H,8-9,12H2,1-3H3,(H,21,23). The number of hydrogen-bond acceptors (Lipinski definition) is 6. The summed E-state index contributed by atoms with van der Waals surface area (Å²) in [4.78, 5) is 12.0. The van der Waals surface area contributed by atoms with Gasteiger partial charge in [0.1, 0.15) is 11.6 Å². The highest BCUT2D eigenvalue weighted by Gasteiger charge is 2.15. The summed E-state index contributed by atoms with van der Waals surface area (Å²) in [5.41, 5.74) is 0.672. The van der Waals surface area contributed by atoms with Crippen LogP contribution in [0.5, 0.6) is 17.2 Å². The first kappa shape index (κ1) is 22.4. The lowest BCUT2D eigenvalue weighted by atomic mass is 10.1. The number of methoxy groups -OCH3 is 3. The molecule has 0 atom stereocenters. The van der Waals surface area contributed by atoms with Gasteiger partial charge in [-0.2, -0.15) is 0 Å². The number of rotatable bonds is 10. The molecule has 2 N–H and O–H groups in total. The van der Waals surface area contributed by atoms with E-state index in [1.165, 1.54) is 21.3 Å². The number of hydrogen-bond donors (Lipinski definition) is 2. The Hall–Kier alpha value is -2.85. The van der Waals surface area contributed by atoms with Gasteiger partial charge >= 0.3 is 0 Å². The van der Waals surface area contributed by atoms with Crippen LogP contribution in [0.1, 0.15) is 12.0 Å². The van der Waals surface area contributed by atoms with E-state index in [0.717, 1.165) is 24.3 Å². The van der Waals surface area contributed by atoms with Gasteiger partial charge in [0.05, 0.1) is 26.2 Å². The second-order valence-electron chi connectivity index (χ2n) is 5.90. The molecule has 10 heteroatoms. The number of carbonyl (C=O) groups excluding carboxylic acids is 1. The van der Waals surface area contributed by atoms with Crippen molar-refractivity contribution in [1.82, 2.24) is 10.0 Å². The molecule has 0 aliphatic heterocycles. The smallest absolute Gasteiger partial charge is 0.240 e. The van der Waals surface area contributed by atoms with Crippen LogP contribution in [0.15, 0.2) is 41.3 Å². The molecule has 0 bridgehead atoms. The van der Waals surface area contributed by atoms with Gasteiger partial charge in [-0.1, -0.05) is 0 Å². The molecule has 0 aromatic heterocycles. The fourth-order valence-electron chi connectivity index (χ4n) is 2.51. The molecule has 2 aromatic carbocycles. The molecular formula is C19H23FN2O6S. The van der Waals surface area contributed by atoms with E-state index >= 15 is 0 Å². The van der Waals surface area contributed by atoms with Crippen molar-refractivity contribution in [1.29, 1.82) is 0 Å². The lowest BCUT2D eigenvalue weighted by Crippen LogP contribution is -2.30. The first-order valence-corrected chi connectivity index (χ1v) is 10.1. The quantitative estimate of drug-likeness (QED) is 0.601. The molecule has 158 valence electrons. The maximum Gasteiger partial charge on any atom is 0.240 e. The molecule has 0 radical (unpaired) electrons. The maximum absolute atomic E-state index is 12.9. The average Bonchev–Trinajstić information content (AvgIpc) is 2.71. The fraction of sp³-hybridized carbons (Fsp3) is 0.316. The SMILES string of the molecule is COc1cc(OC)c(OC)cc1CNC(=O)CCNS(=O)(=O)c1ccc(F)cc1. The van der Waals surface area contributed by atoms with Crippen molar-refractivity contribution in [2.24, 2.45) is 0 Å². The number of nitrogens with one attached hydrogen (secondary N) is 2. The average molecular weight is 426 g/mol. The molecule has 0 fully saturated rings. The van der Waals surface area contributed by atoms with E-state index in [-0.39, 0.29) is 30.3 Å². The molecule has 0 aliphatic carbocycles. The number of halogens is 1. The van der Waals surface area contributed by atoms with Gasteiger partial charge in [0, 0.05) is 31.1 Å². The Morgan fingerprint density at radius 2 is 1.55 bits per heavy atom. The molecule has 29 heavy (non-hydrogen) atoms. The van der Waals surface area contributed by atoms with Crippen LogP contribution in [0.3, 0.4) is 0 Å². The molecule has 8 nitrogen and oxygen atoms in total. The summed E-state index contributed by atoms with van der Waals surface area (Å²) in [6.45, 7) is 0.0572. The van der Waals surface area contributed by atoms with Gasteiger partial charge in [-0.3, -0.25) is 4.79 Å². The minimum atomic E-state index is -3.81. The zero-order chi connectivity index (χ0) is 21.4. The lowest BCUT2D eigenvalue weighted by Gasteiger charge is -2.14. The Kier molecular flexibility index (Phi) is 7.80. The monoisotopic (exact) mass is 426 g/mol. The number of carbonyl (C=O) groups is 1. The third-order valence-electron chi connectivity index (χ3n) is 4.03. The van der Waals surface area contributed by atoms with Gasteiger partial charge in [0.25, 0.3) is 0 Å². The molecule has 0 heterocycles. The van der Waals surface area contributed by atoms with Crippen LogP contribution in [-0.2, 0) is 21.4 Å². The highest BCUT2D eigenvalue weighted by molar-refractivity contribution is 7.89. The van der Waals surface area contributed by atoms with E-state index in [4.69, 9.17) is 14.2 Å². The second kappa shape index (κ2) is 10.1. The fourth-order valence-corrected chi connectivity index (χ4v) is 3.54. The van der Waals surface area contributed by atoms with E-state index in [2.05, 4.69) is 10.0 Å². The van der Waals surface area contributed by atoms with Crippen molar-refractivity contribution in [2.45, 2.75) is 17.9 Å². The van der Waals surface area contributed by atoms with Gasteiger partial charge in [-0.05, 0) is 30.3 Å². The first-order chi connectivity index (χ1) is 13.8. The minimum Gasteiger partial charge on any atom is -0.496 e. The molecule has 2 aromatic rings. The summed E-state index contributed by atoms with van der Waals surface area (Å²) >= 11 is 0. The number of benzene rings is 2. The topological polar surface area (TPSA) is 103 Å². The minimum absolute atomic E-state index is 0.0734. The summed E-state index contributed by atoms with van der Waals surface area (Å²) in [6.07, 6.45) is -0.0734. The van der Waals surface area contributed by atoms with Gasteiger partial charge in [-0.25, -0.2) is 17.5 Å². The molecule has 0 spiro atoms.